The van der Waals surface area contributed by atoms with Crippen LogP contribution < -0.4 is 5.32 Å². The molecule has 96 valence electrons. The van der Waals surface area contributed by atoms with Gasteiger partial charge in [0.1, 0.15) is 0 Å². The van der Waals surface area contributed by atoms with Crippen LogP contribution in [-0.4, -0.2) is 35.1 Å². The number of benzene rings is 1. The van der Waals surface area contributed by atoms with Crippen LogP contribution in [0.25, 0.3) is 0 Å². The first-order chi connectivity index (χ1) is 8.68. The normalized spacial score (nSPS) is 16.3. The van der Waals surface area contributed by atoms with E-state index in [1.807, 2.05) is 6.07 Å². The van der Waals surface area contributed by atoms with E-state index in [1.54, 1.807) is 29.2 Å². The summed E-state index contributed by atoms with van der Waals surface area (Å²) in [5, 5.41) is 11.7. The molecule has 2 amide bonds. The largest absolute Gasteiger partial charge is 0.479 e. The number of aliphatic carboxylic acids is 1. The molecular formula is C13H16N2O3. The first-order valence-corrected chi connectivity index (χ1v) is 6.01. The van der Waals surface area contributed by atoms with Crippen molar-refractivity contribution in [2.75, 3.05) is 13.1 Å². The summed E-state index contributed by atoms with van der Waals surface area (Å²) in [5.74, 6) is -1.05. The quantitative estimate of drug-likeness (QED) is 0.854. The second-order valence-electron chi connectivity index (χ2n) is 4.33. The molecule has 0 unspecified atom stereocenters. The van der Waals surface area contributed by atoms with Gasteiger partial charge >= 0.3 is 12.0 Å². The van der Waals surface area contributed by atoms with Gasteiger partial charge < -0.3 is 15.3 Å². The predicted molar refractivity (Wildman–Crippen MR) is 66.2 cm³/mol. The van der Waals surface area contributed by atoms with Crippen LogP contribution in [0, 0.1) is 0 Å². The lowest BCUT2D eigenvalue weighted by atomic mass is 10.1. The van der Waals surface area contributed by atoms with E-state index >= 15 is 0 Å². The summed E-state index contributed by atoms with van der Waals surface area (Å²) in [6, 6.07) is 7.43. The summed E-state index contributed by atoms with van der Waals surface area (Å²) in [6.07, 6.45) is 1.97. The highest BCUT2D eigenvalue weighted by atomic mass is 16.4. The van der Waals surface area contributed by atoms with Crippen molar-refractivity contribution in [2.45, 2.75) is 18.9 Å². The Bertz CT molecular complexity index is 427. The first-order valence-electron chi connectivity index (χ1n) is 6.01. The number of carbonyl (C=O) groups is 2. The van der Waals surface area contributed by atoms with Crippen LogP contribution in [0.2, 0.25) is 0 Å². The van der Waals surface area contributed by atoms with Gasteiger partial charge in [0.05, 0.1) is 0 Å². The van der Waals surface area contributed by atoms with Gasteiger partial charge in [-0.05, 0) is 18.4 Å². The highest BCUT2D eigenvalue weighted by Crippen LogP contribution is 2.14. The average Bonchev–Trinajstić information content (AvgIpc) is 2.90. The highest BCUT2D eigenvalue weighted by molar-refractivity contribution is 5.83. The molecular weight excluding hydrogens is 232 g/mol. The standard InChI is InChI=1S/C13H16N2O3/c16-12(17)11(10-6-2-1-3-7-10)14-13(18)15-8-4-5-9-15/h1-3,6-7,11H,4-5,8-9H2,(H,14,18)(H,16,17)/t11-/m1/s1. The van der Waals surface area contributed by atoms with E-state index in [2.05, 4.69) is 5.32 Å². The van der Waals surface area contributed by atoms with E-state index in [9.17, 15) is 14.7 Å². The van der Waals surface area contributed by atoms with Gasteiger partial charge in [-0.1, -0.05) is 30.3 Å². The third-order valence-corrected chi connectivity index (χ3v) is 3.04. The van der Waals surface area contributed by atoms with Crippen molar-refractivity contribution in [3.05, 3.63) is 35.9 Å². The monoisotopic (exact) mass is 248 g/mol. The second-order valence-corrected chi connectivity index (χ2v) is 4.33. The van der Waals surface area contributed by atoms with E-state index in [0.29, 0.717) is 18.7 Å². The van der Waals surface area contributed by atoms with Gasteiger partial charge in [-0.3, -0.25) is 0 Å². The molecule has 1 heterocycles. The van der Waals surface area contributed by atoms with Gasteiger partial charge in [-0.25, -0.2) is 9.59 Å². The van der Waals surface area contributed by atoms with E-state index in [1.165, 1.54) is 0 Å². The SMILES string of the molecule is O=C(O)[C@H](NC(=O)N1CCCC1)c1ccccc1. The van der Waals surface area contributed by atoms with Crippen LogP contribution in [0.15, 0.2) is 30.3 Å². The fourth-order valence-corrected chi connectivity index (χ4v) is 2.07. The number of amides is 2. The van der Waals surface area contributed by atoms with Crippen molar-refractivity contribution in [2.24, 2.45) is 0 Å². The zero-order valence-corrected chi connectivity index (χ0v) is 10.0. The minimum atomic E-state index is -1.05. The molecule has 1 aromatic carbocycles. The lowest BCUT2D eigenvalue weighted by Crippen LogP contribution is -2.42. The zero-order chi connectivity index (χ0) is 13.0. The Morgan fingerprint density at radius 3 is 2.33 bits per heavy atom. The predicted octanol–water partition coefficient (Wildman–Crippen LogP) is 1.62. The highest BCUT2D eigenvalue weighted by Gasteiger charge is 2.25. The molecule has 5 nitrogen and oxygen atoms in total. The molecule has 1 aliphatic heterocycles. The van der Waals surface area contributed by atoms with Crippen molar-refractivity contribution in [3.8, 4) is 0 Å². The lowest BCUT2D eigenvalue weighted by molar-refractivity contribution is -0.139. The molecule has 1 saturated heterocycles. The van der Waals surface area contributed by atoms with E-state index in [0.717, 1.165) is 12.8 Å². The number of nitrogens with zero attached hydrogens (tertiary/aromatic N) is 1. The fourth-order valence-electron chi connectivity index (χ4n) is 2.07. The molecule has 1 aromatic rings. The first kappa shape index (κ1) is 12.4. The molecule has 0 aliphatic carbocycles. The van der Waals surface area contributed by atoms with Crippen molar-refractivity contribution < 1.29 is 14.7 Å². The third kappa shape index (κ3) is 2.80. The molecule has 0 bridgehead atoms. The Hall–Kier alpha value is -2.04. The Balaban J connectivity index is 2.07. The van der Waals surface area contributed by atoms with Crippen LogP contribution in [0.4, 0.5) is 4.79 Å². The molecule has 0 spiro atoms. The number of nitrogens with one attached hydrogen (secondary N) is 1. The van der Waals surface area contributed by atoms with Crippen LogP contribution in [-0.2, 0) is 4.79 Å². The number of carboxylic acids is 1. The summed E-state index contributed by atoms with van der Waals surface area (Å²) in [5.41, 5.74) is 0.581. The Kier molecular flexibility index (Phi) is 3.82. The number of hydrogen-bond acceptors (Lipinski definition) is 2. The molecule has 1 aliphatic rings. The summed E-state index contributed by atoms with van der Waals surface area (Å²) in [7, 11) is 0. The smallest absolute Gasteiger partial charge is 0.330 e. The maximum Gasteiger partial charge on any atom is 0.330 e. The second kappa shape index (κ2) is 5.53. The van der Waals surface area contributed by atoms with Crippen molar-refractivity contribution in [3.63, 3.8) is 0 Å². The summed E-state index contributed by atoms with van der Waals surface area (Å²) in [4.78, 5) is 24.8. The number of carboxylic acid groups (broad SMARTS) is 1. The average molecular weight is 248 g/mol. The van der Waals surface area contributed by atoms with Crippen LogP contribution in [0.3, 0.4) is 0 Å². The summed E-state index contributed by atoms with van der Waals surface area (Å²) < 4.78 is 0. The molecule has 1 atom stereocenters. The number of carbonyl (C=O) groups excluding carboxylic acids is 1. The minimum Gasteiger partial charge on any atom is -0.479 e. The van der Waals surface area contributed by atoms with Crippen molar-refractivity contribution in [1.29, 1.82) is 0 Å². The van der Waals surface area contributed by atoms with Gasteiger partial charge in [0.25, 0.3) is 0 Å². The van der Waals surface area contributed by atoms with Gasteiger partial charge in [0.2, 0.25) is 0 Å². The van der Waals surface area contributed by atoms with Crippen LogP contribution >= 0.6 is 0 Å². The molecule has 18 heavy (non-hydrogen) atoms. The fraction of sp³-hybridized carbons (Fsp3) is 0.385. The minimum absolute atomic E-state index is 0.302. The van der Waals surface area contributed by atoms with E-state index in [4.69, 9.17) is 0 Å². The molecule has 2 rings (SSSR count). The Morgan fingerprint density at radius 1 is 1.17 bits per heavy atom. The number of urea groups is 1. The van der Waals surface area contributed by atoms with E-state index in [-0.39, 0.29) is 6.03 Å². The number of hydrogen-bond donors (Lipinski definition) is 2. The molecule has 2 N–H and O–H groups in total. The third-order valence-electron chi connectivity index (χ3n) is 3.04. The maximum absolute atomic E-state index is 11.9. The van der Waals surface area contributed by atoms with Crippen LogP contribution in [0.5, 0.6) is 0 Å². The Morgan fingerprint density at radius 2 is 1.78 bits per heavy atom. The van der Waals surface area contributed by atoms with Gasteiger partial charge in [-0.15, -0.1) is 0 Å². The number of likely N-dealkylation sites (tertiary alicyclic amines) is 1. The molecule has 5 heteroatoms. The lowest BCUT2D eigenvalue weighted by Gasteiger charge is -2.20. The summed E-state index contributed by atoms with van der Waals surface area (Å²) in [6.45, 7) is 1.40. The molecule has 0 aromatic heterocycles. The molecule has 1 fully saturated rings. The van der Waals surface area contributed by atoms with Crippen molar-refractivity contribution >= 4 is 12.0 Å². The molecule has 0 saturated carbocycles. The van der Waals surface area contributed by atoms with Gasteiger partial charge in [0.15, 0.2) is 6.04 Å². The Labute approximate surface area is 105 Å². The van der Waals surface area contributed by atoms with Gasteiger partial charge in [-0.2, -0.15) is 0 Å². The number of rotatable bonds is 3. The zero-order valence-electron chi connectivity index (χ0n) is 10.0. The summed E-state index contributed by atoms with van der Waals surface area (Å²) >= 11 is 0. The van der Waals surface area contributed by atoms with E-state index < -0.39 is 12.0 Å². The van der Waals surface area contributed by atoms with Gasteiger partial charge in [0, 0.05) is 13.1 Å². The van der Waals surface area contributed by atoms with Crippen molar-refractivity contribution in [1.82, 2.24) is 10.2 Å². The molecule has 0 radical (unpaired) electrons. The topological polar surface area (TPSA) is 69.6 Å². The van der Waals surface area contributed by atoms with Crippen LogP contribution in [0.1, 0.15) is 24.4 Å². The maximum atomic E-state index is 11.9.